The fourth-order valence-corrected chi connectivity index (χ4v) is 1.54. The van der Waals surface area contributed by atoms with Gasteiger partial charge in [-0.1, -0.05) is 0 Å². The molecule has 0 atom stereocenters. The van der Waals surface area contributed by atoms with Gasteiger partial charge in [-0.15, -0.1) is 0 Å². The van der Waals surface area contributed by atoms with Crippen LogP contribution in [0, 0.1) is 11.6 Å². The first-order valence-corrected chi connectivity index (χ1v) is 5.36. The van der Waals surface area contributed by atoms with Crippen molar-refractivity contribution < 1.29 is 18.3 Å². The van der Waals surface area contributed by atoms with Gasteiger partial charge in [0.05, 0.1) is 7.11 Å². The van der Waals surface area contributed by atoms with Gasteiger partial charge >= 0.3 is 5.97 Å². The number of benzene rings is 1. The Morgan fingerprint density at radius 3 is 2.58 bits per heavy atom. The quantitative estimate of drug-likeness (QED) is 0.866. The molecule has 1 aromatic heterocycles. The number of hydrogen-bond acceptors (Lipinski definition) is 4. The van der Waals surface area contributed by atoms with E-state index in [0.717, 1.165) is 18.2 Å². The Bertz CT molecular complexity index is 597. The van der Waals surface area contributed by atoms with E-state index in [-0.39, 0.29) is 17.1 Å². The Labute approximate surface area is 108 Å². The SMILES string of the molecule is COC(=O)c1cccnc1Nc1cc(F)cc(F)c1. The second-order valence-electron chi connectivity index (χ2n) is 3.67. The zero-order chi connectivity index (χ0) is 13.8. The average Bonchev–Trinajstić information content (AvgIpc) is 2.37. The molecule has 98 valence electrons. The van der Waals surface area contributed by atoms with Gasteiger partial charge < -0.3 is 10.1 Å². The lowest BCUT2D eigenvalue weighted by atomic mass is 10.2. The van der Waals surface area contributed by atoms with Gasteiger partial charge in [-0.25, -0.2) is 18.6 Å². The monoisotopic (exact) mass is 264 g/mol. The number of esters is 1. The summed E-state index contributed by atoms with van der Waals surface area (Å²) in [6.45, 7) is 0. The molecule has 4 nitrogen and oxygen atoms in total. The minimum atomic E-state index is -0.724. The molecule has 2 aromatic rings. The third-order valence-electron chi connectivity index (χ3n) is 2.34. The van der Waals surface area contributed by atoms with E-state index >= 15 is 0 Å². The number of nitrogens with zero attached hydrogens (tertiary/aromatic N) is 1. The van der Waals surface area contributed by atoms with Crippen LogP contribution in [-0.4, -0.2) is 18.1 Å². The summed E-state index contributed by atoms with van der Waals surface area (Å²) in [4.78, 5) is 15.5. The third-order valence-corrected chi connectivity index (χ3v) is 2.34. The maximum absolute atomic E-state index is 13.1. The molecule has 0 aliphatic rings. The van der Waals surface area contributed by atoms with Gasteiger partial charge in [0.2, 0.25) is 0 Å². The molecular weight excluding hydrogens is 254 g/mol. The maximum atomic E-state index is 13.1. The van der Waals surface area contributed by atoms with E-state index in [1.165, 1.54) is 19.4 Å². The van der Waals surface area contributed by atoms with Gasteiger partial charge in [0.1, 0.15) is 23.0 Å². The van der Waals surface area contributed by atoms with Gasteiger partial charge in [-0.3, -0.25) is 0 Å². The summed E-state index contributed by atoms with van der Waals surface area (Å²) >= 11 is 0. The van der Waals surface area contributed by atoms with Crippen molar-refractivity contribution in [3.8, 4) is 0 Å². The second kappa shape index (κ2) is 5.43. The van der Waals surface area contributed by atoms with Crippen LogP contribution >= 0.6 is 0 Å². The molecule has 0 amide bonds. The number of ether oxygens (including phenoxy) is 1. The zero-order valence-electron chi connectivity index (χ0n) is 9.98. The Hall–Kier alpha value is -2.50. The largest absolute Gasteiger partial charge is 0.465 e. The number of methoxy groups -OCH3 is 1. The van der Waals surface area contributed by atoms with Crippen LogP contribution in [0.5, 0.6) is 0 Å². The van der Waals surface area contributed by atoms with Crippen LogP contribution in [0.25, 0.3) is 0 Å². The van der Waals surface area contributed by atoms with Crippen molar-refractivity contribution in [2.24, 2.45) is 0 Å². The molecule has 0 radical (unpaired) electrons. The van der Waals surface area contributed by atoms with Crippen molar-refractivity contribution in [2.75, 3.05) is 12.4 Å². The van der Waals surface area contributed by atoms with Crippen LogP contribution in [0.3, 0.4) is 0 Å². The van der Waals surface area contributed by atoms with E-state index in [2.05, 4.69) is 15.0 Å². The minimum absolute atomic E-state index is 0.154. The number of pyridine rings is 1. The highest BCUT2D eigenvalue weighted by Crippen LogP contribution is 2.20. The van der Waals surface area contributed by atoms with Gasteiger partial charge in [-0.2, -0.15) is 0 Å². The highest BCUT2D eigenvalue weighted by atomic mass is 19.1. The summed E-state index contributed by atoms with van der Waals surface area (Å²) in [5.74, 6) is -1.87. The molecule has 0 bridgehead atoms. The first-order valence-electron chi connectivity index (χ1n) is 5.36. The first kappa shape index (κ1) is 12.9. The number of halogens is 2. The van der Waals surface area contributed by atoms with E-state index in [1.807, 2.05) is 0 Å². The molecule has 19 heavy (non-hydrogen) atoms. The van der Waals surface area contributed by atoms with Crippen molar-refractivity contribution in [1.29, 1.82) is 0 Å². The molecule has 0 saturated heterocycles. The Balaban J connectivity index is 2.35. The fraction of sp³-hybridized carbons (Fsp3) is 0.0769. The Morgan fingerprint density at radius 1 is 1.26 bits per heavy atom. The highest BCUT2D eigenvalue weighted by Gasteiger charge is 2.13. The summed E-state index contributed by atoms with van der Waals surface area (Å²) in [5.41, 5.74) is 0.330. The predicted molar refractivity (Wildman–Crippen MR) is 65.2 cm³/mol. The van der Waals surface area contributed by atoms with Gasteiger partial charge in [0, 0.05) is 18.0 Å². The van der Waals surface area contributed by atoms with Crippen LogP contribution in [0.4, 0.5) is 20.3 Å². The number of carbonyl (C=O) groups excluding carboxylic acids is 1. The van der Waals surface area contributed by atoms with E-state index in [0.29, 0.717) is 0 Å². The second-order valence-corrected chi connectivity index (χ2v) is 3.67. The number of anilines is 2. The van der Waals surface area contributed by atoms with Crippen LogP contribution < -0.4 is 5.32 Å². The van der Waals surface area contributed by atoms with E-state index < -0.39 is 17.6 Å². The molecule has 0 aliphatic carbocycles. The van der Waals surface area contributed by atoms with Gasteiger partial charge in [0.25, 0.3) is 0 Å². The standard InChI is InChI=1S/C13H10F2N2O2/c1-19-13(18)11-3-2-4-16-12(11)17-10-6-8(14)5-9(15)7-10/h2-7H,1H3,(H,16,17). The number of nitrogens with one attached hydrogen (secondary N) is 1. The molecular formula is C13H10F2N2O2. The molecule has 0 fully saturated rings. The van der Waals surface area contributed by atoms with Crippen molar-refractivity contribution in [3.05, 3.63) is 53.7 Å². The number of hydrogen-bond donors (Lipinski definition) is 1. The van der Waals surface area contributed by atoms with Crippen molar-refractivity contribution in [2.45, 2.75) is 0 Å². The highest BCUT2D eigenvalue weighted by molar-refractivity contribution is 5.95. The molecule has 1 N–H and O–H groups in total. The lowest BCUT2D eigenvalue weighted by Crippen LogP contribution is -2.07. The van der Waals surface area contributed by atoms with E-state index in [4.69, 9.17) is 0 Å². The maximum Gasteiger partial charge on any atom is 0.341 e. The van der Waals surface area contributed by atoms with Gasteiger partial charge in [-0.05, 0) is 24.3 Å². The molecule has 0 aliphatic heterocycles. The number of aromatic nitrogens is 1. The number of rotatable bonds is 3. The van der Waals surface area contributed by atoms with Crippen molar-refractivity contribution in [3.63, 3.8) is 0 Å². The molecule has 1 aromatic carbocycles. The summed E-state index contributed by atoms with van der Waals surface area (Å²) in [6, 6.07) is 6.00. The van der Waals surface area contributed by atoms with E-state index in [1.54, 1.807) is 6.07 Å². The van der Waals surface area contributed by atoms with Crippen LogP contribution in [0.1, 0.15) is 10.4 Å². The van der Waals surface area contributed by atoms with Crippen molar-refractivity contribution in [1.82, 2.24) is 4.98 Å². The van der Waals surface area contributed by atoms with Crippen LogP contribution in [-0.2, 0) is 4.74 Å². The summed E-state index contributed by atoms with van der Waals surface area (Å²) in [7, 11) is 1.24. The lowest BCUT2D eigenvalue weighted by molar-refractivity contribution is 0.0601. The summed E-state index contributed by atoms with van der Waals surface area (Å²) in [6.07, 6.45) is 1.45. The van der Waals surface area contributed by atoms with Gasteiger partial charge in [0.15, 0.2) is 0 Å². The average molecular weight is 264 g/mol. The molecule has 2 rings (SSSR count). The summed E-state index contributed by atoms with van der Waals surface area (Å²) in [5, 5.41) is 2.68. The zero-order valence-corrected chi connectivity index (χ0v) is 9.98. The molecule has 0 saturated carbocycles. The molecule has 0 unspecified atom stereocenters. The Kier molecular flexibility index (Phi) is 3.70. The normalized spacial score (nSPS) is 10.1. The Morgan fingerprint density at radius 2 is 1.95 bits per heavy atom. The molecule has 6 heteroatoms. The van der Waals surface area contributed by atoms with E-state index in [9.17, 15) is 13.6 Å². The lowest BCUT2D eigenvalue weighted by Gasteiger charge is -2.09. The fourth-order valence-electron chi connectivity index (χ4n) is 1.54. The van der Waals surface area contributed by atoms with Crippen LogP contribution in [0.2, 0.25) is 0 Å². The first-order chi connectivity index (χ1) is 9.10. The minimum Gasteiger partial charge on any atom is -0.465 e. The third kappa shape index (κ3) is 3.04. The topological polar surface area (TPSA) is 51.2 Å². The smallest absolute Gasteiger partial charge is 0.341 e. The molecule has 1 heterocycles. The number of carbonyl (C=O) groups is 1. The predicted octanol–water partition coefficient (Wildman–Crippen LogP) is 2.89. The van der Waals surface area contributed by atoms with Crippen LogP contribution in [0.15, 0.2) is 36.5 Å². The van der Waals surface area contributed by atoms with Crippen molar-refractivity contribution >= 4 is 17.5 Å². The molecule has 0 spiro atoms. The summed E-state index contributed by atoms with van der Waals surface area (Å²) < 4.78 is 30.7.